The average molecular weight is 413 g/mol. The fourth-order valence-electron chi connectivity index (χ4n) is 4.07. The standard InChI is InChI=1S/C20H33ClN4O3/c21-19-13-17(15-24-5-1-22(2-6-24)9-11-26)20(28)18(14-19)16-25-7-3-23(4-8-25)10-12-27/h13-14,26-28H,1-12,15-16H2. The molecule has 0 bridgehead atoms. The zero-order valence-corrected chi connectivity index (χ0v) is 17.3. The van der Waals surface area contributed by atoms with Gasteiger partial charge in [-0.3, -0.25) is 19.6 Å². The van der Waals surface area contributed by atoms with Crippen molar-refractivity contribution in [1.82, 2.24) is 19.6 Å². The third-order valence-electron chi connectivity index (χ3n) is 5.78. The molecule has 1 aromatic rings. The van der Waals surface area contributed by atoms with Gasteiger partial charge in [-0.25, -0.2) is 0 Å². The molecule has 3 rings (SSSR count). The number of phenols is 1. The zero-order chi connectivity index (χ0) is 19.9. The Morgan fingerprint density at radius 2 is 1.04 bits per heavy atom. The Bertz CT molecular complexity index is 568. The van der Waals surface area contributed by atoms with Crippen molar-refractivity contribution in [3.63, 3.8) is 0 Å². The smallest absolute Gasteiger partial charge is 0.124 e. The number of benzene rings is 1. The highest BCUT2D eigenvalue weighted by Gasteiger charge is 2.21. The molecule has 0 amide bonds. The molecule has 2 saturated heterocycles. The van der Waals surface area contributed by atoms with Crippen LogP contribution in [-0.4, -0.2) is 114 Å². The molecule has 2 aliphatic rings. The predicted molar refractivity (Wildman–Crippen MR) is 111 cm³/mol. The van der Waals surface area contributed by atoms with E-state index in [0.717, 1.165) is 76.6 Å². The highest BCUT2D eigenvalue weighted by Crippen LogP contribution is 2.30. The number of piperazine rings is 2. The number of hydrogen-bond donors (Lipinski definition) is 3. The Kier molecular flexibility index (Phi) is 8.35. The van der Waals surface area contributed by atoms with Gasteiger partial charge in [-0.05, 0) is 12.1 Å². The molecule has 28 heavy (non-hydrogen) atoms. The van der Waals surface area contributed by atoms with Gasteiger partial charge in [0.15, 0.2) is 0 Å². The van der Waals surface area contributed by atoms with Gasteiger partial charge in [-0.15, -0.1) is 0 Å². The summed E-state index contributed by atoms with van der Waals surface area (Å²) in [6.45, 7) is 10.7. The predicted octanol–water partition coefficient (Wildman–Crippen LogP) is 0.265. The fraction of sp³-hybridized carbons (Fsp3) is 0.700. The van der Waals surface area contributed by atoms with E-state index in [1.165, 1.54) is 0 Å². The molecule has 3 N–H and O–H groups in total. The summed E-state index contributed by atoms with van der Waals surface area (Å²) in [4.78, 5) is 9.18. The van der Waals surface area contributed by atoms with Crippen LogP contribution in [0, 0.1) is 0 Å². The highest BCUT2D eigenvalue weighted by atomic mass is 35.5. The van der Waals surface area contributed by atoms with Crippen molar-refractivity contribution in [2.45, 2.75) is 13.1 Å². The molecular formula is C20H33ClN4O3. The van der Waals surface area contributed by atoms with Gasteiger partial charge in [-0.2, -0.15) is 0 Å². The Morgan fingerprint density at radius 1 is 0.679 bits per heavy atom. The lowest BCUT2D eigenvalue weighted by Gasteiger charge is -2.35. The minimum Gasteiger partial charge on any atom is -0.507 e. The first-order valence-corrected chi connectivity index (χ1v) is 10.6. The van der Waals surface area contributed by atoms with Crippen LogP contribution in [0.3, 0.4) is 0 Å². The summed E-state index contributed by atoms with van der Waals surface area (Å²) in [5.74, 6) is 0.361. The van der Waals surface area contributed by atoms with Crippen LogP contribution >= 0.6 is 11.6 Å². The van der Waals surface area contributed by atoms with Crippen LogP contribution in [0.5, 0.6) is 5.75 Å². The average Bonchev–Trinajstić information content (AvgIpc) is 2.69. The van der Waals surface area contributed by atoms with E-state index in [0.29, 0.717) is 23.9 Å². The quantitative estimate of drug-likeness (QED) is 0.565. The topological polar surface area (TPSA) is 73.7 Å². The summed E-state index contributed by atoms with van der Waals surface area (Å²) in [5, 5.41) is 29.7. The molecule has 158 valence electrons. The van der Waals surface area contributed by atoms with Gasteiger partial charge in [0, 0.05) is 94.7 Å². The summed E-state index contributed by atoms with van der Waals surface area (Å²) in [6, 6.07) is 3.75. The Balaban J connectivity index is 1.58. The van der Waals surface area contributed by atoms with E-state index in [-0.39, 0.29) is 13.2 Å². The molecule has 1 aromatic carbocycles. The number of nitrogens with zero attached hydrogens (tertiary/aromatic N) is 4. The number of aliphatic hydroxyl groups excluding tert-OH is 2. The molecule has 0 radical (unpaired) electrons. The lowest BCUT2D eigenvalue weighted by atomic mass is 10.1. The van der Waals surface area contributed by atoms with Crippen molar-refractivity contribution in [1.29, 1.82) is 0 Å². The molecule has 0 unspecified atom stereocenters. The summed E-state index contributed by atoms with van der Waals surface area (Å²) in [7, 11) is 0. The van der Waals surface area contributed by atoms with Crippen molar-refractivity contribution in [2.24, 2.45) is 0 Å². The molecule has 8 heteroatoms. The normalized spacial score (nSPS) is 20.7. The van der Waals surface area contributed by atoms with Gasteiger partial charge in [0.05, 0.1) is 13.2 Å². The largest absolute Gasteiger partial charge is 0.507 e. The molecule has 0 aromatic heterocycles. The molecule has 0 aliphatic carbocycles. The minimum absolute atomic E-state index is 0.201. The lowest BCUT2D eigenvalue weighted by Crippen LogP contribution is -2.47. The molecular weight excluding hydrogens is 380 g/mol. The maximum atomic E-state index is 10.8. The van der Waals surface area contributed by atoms with E-state index in [4.69, 9.17) is 21.8 Å². The van der Waals surface area contributed by atoms with Crippen molar-refractivity contribution in [2.75, 3.05) is 78.7 Å². The lowest BCUT2D eigenvalue weighted by molar-refractivity contribution is 0.106. The molecule has 2 heterocycles. The van der Waals surface area contributed by atoms with Crippen molar-refractivity contribution >= 4 is 11.6 Å². The number of hydrogen-bond acceptors (Lipinski definition) is 7. The van der Waals surface area contributed by atoms with E-state index in [2.05, 4.69) is 19.6 Å². The third-order valence-corrected chi connectivity index (χ3v) is 6.00. The van der Waals surface area contributed by atoms with E-state index in [9.17, 15) is 5.11 Å². The number of rotatable bonds is 8. The van der Waals surface area contributed by atoms with Gasteiger partial charge in [0.1, 0.15) is 5.75 Å². The summed E-state index contributed by atoms with van der Waals surface area (Å²) >= 11 is 6.37. The van der Waals surface area contributed by atoms with Gasteiger partial charge in [0.25, 0.3) is 0 Å². The number of aromatic hydroxyl groups is 1. The first kappa shape index (κ1) is 21.8. The molecule has 7 nitrogen and oxygen atoms in total. The molecule has 2 aliphatic heterocycles. The second-order valence-corrected chi connectivity index (χ2v) is 8.19. The highest BCUT2D eigenvalue weighted by molar-refractivity contribution is 6.30. The van der Waals surface area contributed by atoms with E-state index in [1.54, 1.807) is 0 Å². The molecule has 0 saturated carbocycles. The Labute approximate surface area is 172 Å². The monoisotopic (exact) mass is 412 g/mol. The number of aliphatic hydroxyl groups is 2. The second kappa shape index (κ2) is 10.7. The van der Waals surface area contributed by atoms with Crippen LogP contribution < -0.4 is 0 Å². The Hall–Kier alpha value is -0.930. The van der Waals surface area contributed by atoms with Crippen molar-refractivity contribution in [3.8, 4) is 5.75 Å². The van der Waals surface area contributed by atoms with Crippen LogP contribution in [0.2, 0.25) is 5.02 Å². The van der Waals surface area contributed by atoms with Gasteiger partial charge >= 0.3 is 0 Å². The molecule has 0 atom stereocenters. The van der Waals surface area contributed by atoms with Crippen LogP contribution in [-0.2, 0) is 13.1 Å². The first-order valence-electron chi connectivity index (χ1n) is 10.2. The summed E-state index contributed by atoms with van der Waals surface area (Å²) < 4.78 is 0. The number of halogens is 1. The second-order valence-electron chi connectivity index (χ2n) is 7.76. The van der Waals surface area contributed by atoms with Gasteiger partial charge in [0.2, 0.25) is 0 Å². The molecule has 0 spiro atoms. The minimum atomic E-state index is 0.201. The Morgan fingerprint density at radius 3 is 1.39 bits per heavy atom. The van der Waals surface area contributed by atoms with E-state index in [1.807, 2.05) is 12.1 Å². The van der Waals surface area contributed by atoms with Crippen LogP contribution in [0.4, 0.5) is 0 Å². The van der Waals surface area contributed by atoms with Crippen LogP contribution in [0.1, 0.15) is 11.1 Å². The van der Waals surface area contributed by atoms with E-state index < -0.39 is 0 Å². The van der Waals surface area contributed by atoms with Gasteiger partial charge < -0.3 is 15.3 Å². The van der Waals surface area contributed by atoms with Crippen LogP contribution in [0.15, 0.2) is 12.1 Å². The summed E-state index contributed by atoms with van der Waals surface area (Å²) in [6.07, 6.45) is 0. The fourth-order valence-corrected chi connectivity index (χ4v) is 4.33. The van der Waals surface area contributed by atoms with Gasteiger partial charge in [-0.1, -0.05) is 11.6 Å². The number of phenolic OH excluding ortho intramolecular Hbond substituents is 1. The zero-order valence-electron chi connectivity index (χ0n) is 16.6. The summed E-state index contributed by atoms with van der Waals surface area (Å²) in [5.41, 5.74) is 1.77. The van der Waals surface area contributed by atoms with E-state index >= 15 is 0 Å². The van der Waals surface area contributed by atoms with Crippen LogP contribution in [0.25, 0.3) is 0 Å². The SMILES string of the molecule is OCCN1CCN(Cc2cc(Cl)cc(CN3CCN(CCO)CC3)c2O)CC1. The maximum Gasteiger partial charge on any atom is 0.124 e. The third kappa shape index (κ3) is 6.03. The van der Waals surface area contributed by atoms with Crippen molar-refractivity contribution in [3.05, 3.63) is 28.3 Å². The maximum absolute atomic E-state index is 10.8. The molecule has 2 fully saturated rings. The first-order chi connectivity index (χ1) is 13.6. The number of β-amino-alcohol motifs (C(OH)–C–C–N with tert-alkyl or cyclic N) is 2. The van der Waals surface area contributed by atoms with Crippen molar-refractivity contribution < 1.29 is 15.3 Å².